The van der Waals surface area contributed by atoms with E-state index in [9.17, 15) is 9.59 Å². The van der Waals surface area contributed by atoms with Gasteiger partial charge in [0.15, 0.2) is 5.78 Å². The second-order valence-corrected chi connectivity index (χ2v) is 3.27. The van der Waals surface area contributed by atoms with Crippen LogP contribution in [-0.4, -0.2) is 28.4 Å². The summed E-state index contributed by atoms with van der Waals surface area (Å²) in [4.78, 5) is 21.7. The maximum absolute atomic E-state index is 11.0. The van der Waals surface area contributed by atoms with E-state index in [2.05, 4.69) is 5.32 Å². The van der Waals surface area contributed by atoms with Crippen LogP contribution in [0.1, 0.15) is 19.3 Å². The van der Waals surface area contributed by atoms with Gasteiger partial charge in [-0.05, 0) is 12.8 Å². The molecule has 2 rings (SSSR count). The first kappa shape index (κ1) is 6.79. The molecule has 2 atom stereocenters. The smallest absolute Gasteiger partial charge is 0.324 e. The first-order chi connectivity index (χ1) is 5.14. The van der Waals surface area contributed by atoms with Gasteiger partial charge in [0.2, 0.25) is 0 Å². The molecule has 2 bridgehead atoms. The number of aliphatic carboxylic acids is 1. The molecule has 0 aromatic rings. The van der Waals surface area contributed by atoms with Gasteiger partial charge in [0.05, 0.1) is 6.04 Å². The first-order valence-corrected chi connectivity index (χ1v) is 3.68. The third kappa shape index (κ3) is 0.728. The van der Waals surface area contributed by atoms with Crippen molar-refractivity contribution in [2.24, 2.45) is 0 Å². The maximum Gasteiger partial charge on any atom is 0.324 e. The Balaban J connectivity index is 2.30. The molecule has 0 aromatic carbocycles. The number of Topliss-reactive ketones (excluding diaryl/α,β-unsaturated/α-hetero) is 1. The zero-order valence-electron chi connectivity index (χ0n) is 5.96. The van der Waals surface area contributed by atoms with E-state index in [1.165, 1.54) is 0 Å². The van der Waals surface area contributed by atoms with Crippen molar-refractivity contribution >= 4 is 11.8 Å². The van der Waals surface area contributed by atoms with Gasteiger partial charge in [-0.1, -0.05) is 0 Å². The highest BCUT2D eigenvalue weighted by atomic mass is 16.4. The summed E-state index contributed by atoms with van der Waals surface area (Å²) >= 11 is 0. The Morgan fingerprint density at radius 3 is 2.73 bits per heavy atom. The molecule has 2 fully saturated rings. The number of ketones is 1. The molecule has 2 aliphatic rings. The van der Waals surface area contributed by atoms with Gasteiger partial charge < -0.3 is 5.11 Å². The Morgan fingerprint density at radius 1 is 1.73 bits per heavy atom. The van der Waals surface area contributed by atoms with Crippen LogP contribution < -0.4 is 5.32 Å². The van der Waals surface area contributed by atoms with Crippen molar-refractivity contribution in [1.29, 1.82) is 0 Å². The van der Waals surface area contributed by atoms with Gasteiger partial charge in [0.1, 0.15) is 5.54 Å². The molecule has 4 heteroatoms. The lowest BCUT2D eigenvalue weighted by atomic mass is 9.87. The summed E-state index contributed by atoms with van der Waals surface area (Å²) in [6, 6.07) is -0.175. The van der Waals surface area contributed by atoms with Crippen LogP contribution in [0.4, 0.5) is 0 Å². The number of carbonyl (C=O) groups excluding carboxylic acids is 1. The van der Waals surface area contributed by atoms with Crippen LogP contribution in [-0.2, 0) is 9.59 Å². The molecule has 0 saturated carbocycles. The fourth-order valence-electron chi connectivity index (χ4n) is 1.91. The molecule has 0 radical (unpaired) electrons. The van der Waals surface area contributed by atoms with Gasteiger partial charge in [0.25, 0.3) is 0 Å². The fourth-order valence-corrected chi connectivity index (χ4v) is 1.91. The Morgan fingerprint density at radius 2 is 2.45 bits per heavy atom. The predicted octanol–water partition coefficient (Wildman–Crippen LogP) is -0.465. The number of rotatable bonds is 1. The molecule has 2 unspecified atom stereocenters. The van der Waals surface area contributed by atoms with Crippen LogP contribution in [0.2, 0.25) is 0 Å². The quantitative estimate of drug-likeness (QED) is 0.537. The maximum atomic E-state index is 11.0. The van der Waals surface area contributed by atoms with Gasteiger partial charge in [0, 0.05) is 6.42 Å². The third-order valence-corrected chi connectivity index (χ3v) is 2.58. The molecule has 2 heterocycles. The molecule has 11 heavy (non-hydrogen) atoms. The van der Waals surface area contributed by atoms with Crippen LogP contribution in [0.5, 0.6) is 0 Å². The zero-order valence-corrected chi connectivity index (χ0v) is 5.96. The van der Waals surface area contributed by atoms with E-state index in [-0.39, 0.29) is 18.2 Å². The van der Waals surface area contributed by atoms with Crippen molar-refractivity contribution in [3.63, 3.8) is 0 Å². The van der Waals surface area contributed by atoms with Crippen LogP contribution in [0.3, 0.4) is 0 Å². The monoisotopic (exact) mass is 155 g/mol. The fraction of sp³-hybridized carbons (Fsp3) is 0.714. The summed E-state index contributed by atoms with van der Waals surface area (Å²) in [6.07, 6.45) is 1.46. The van der Waals surface area contributed by atoms with Gasteiger partial charge in [-0.3, -0.25) is 14.9 Å². The second-order valence-electron chi connectivity index (χ2n) is 3.27. The summed E-state index contributed by atoms with van der Waals surface area (Å²) < 4.78 is 0. The lowest BCUT2D eigenvalue weighted by molar-refractivity contribution is -0.144. The predicted molar refractivity (Wildman–Crippen MR) is 36.1 cm³/mol. The molecule has 2 saturated heterocycles. The summed E-state index contributed by atoms with van der Waals surface area (Å²) in [5, 5.41) is 11.6. The Labute approximate surface area is 63.6 Å². The van der Waals surface area contributed by atoms with E-state index in [4.69, 9.17) is 5.11 Å². The standard InChI is InChI=1S/C7H9NO3/c9-5-3-7(6(10)11)2-1-4(5)8-7/h4,8H,1-3H2,(H,10,11). The number of carboxylic acids is 1. The largest absolute Gasteiger partial charge is 0.480 e. The normalized spacial score (nSPS) is 41.5. The molecule has 0 aromatic heterocycles. The van der Waals surface area contributed by atoms with Crippen molar-refractivity contribution in [2.75, 3.05) is 0 Å². The van der Waals surface area contributed by atoms with E-state index in [0.29, 0.717) is 12.8 Å². The van der Waals surface area contributed by atoms with Gasteiger partial charge in [-0.15, -0.1) is 0 Å². The molecular formula is C7H9NO3. The zero-order chi connectivity index (χ0) is 8.06. The molecule has 0 aliphatic carbocycles. The van der Waals surface area contributed by atoms with E-state index in [1.54, 1.807) is 0 Å². The van der Waals surface area contributed by atoms with E-state index < -0.39 is 11.5 Å². The molecule has 2 aliphatic heterocycles. The number of carbonyl (C=O) groups is 2. The third-order valence-electron chi connectivity index (χ3n) is 2.58. The van der Waals surface area contributed by atoms with Gasteiger partial charge in [-0.2, -0.15) is 0 Å². The number of nitrogens with one attached hydrogen (secondary N) is 1. The van der Waals surface area contributed by atoms with Crippen molar-refractivity contribution in [3.05, 3.63) is 0 Å². The molecular weight excluding hydrogens is 146 g/mol. The summed E-state index contributed by atoms with van der Waals surface area (Å²) in [5.74, 6) is -0.829. The minimum absolute atomic E-state index is 0.0543. The second kappa shape index (κ2) is 1.82. The highest BCUT2D eigenvalue weighted by molar-refractivity contribution is 5.97. The van der Waals surface area contributed by atoms with Crippen LogP contribution >= 0.6 is 0 Å². The van der Waals surface area contributed by atoms with Gasteiger partial charge >= 0.3 is 5.97 Å². The van der Waals surface area contributed by atoms with E-state index in [0.717, 1.165) is 0 Å². The average Bonchev–Trinajstić information content (AvgIpc) is 2.44. The van der Waals surface area contributed by atoms with E-state index in [1.807, 2.05) is 0 Å². The highest BCUT2D eigenvalue weighted by Gasteiger charge is 2.54. The SMILES string of the molecule is O=C1CC2(C(=O)O)CCC1N2. The summed E-state index contributed by atoms with van der Waals surface area (Å²) in [7, 11) is 0. The summed E-state index contributed by atoms with van der Waals surface area (Å²) in [6.45, 7) is 0. The molecule has 60 valence electrons. The molecule has 0 amide bonds. The number of fused-ring (bicyclic) bond motifs is 2. The van der Waals surface area contributed by atoms with Gasteiger partial charge in [-0.25, -0.2) is 0 Å². The van der Waals surface area contributed by atoms with Crippen molar-refractivity contribution in [1.82, 2.24) is 5.32 Å². The Kier molecular flexibility index (Phi) is 1.12. The van der Waals surface area contributed by atoms with Crippen molar-refractivity contribution in [3.8, 4) is 0 Å². The lowest BCUT2D eigenvalue weighted by Crippen LogP contribution is -2.44. The number of hydrogen-bond donors (Lipinski definition) is 2. The molecule has 2 N–H and O–H groups in total. The summed E-state index contributed by atoms with van der Waals surface area (Å²) in [5.41, 5.74) is -0.901. The minimum atomic E-state index is -0.901. The van der Waals surface area contributed by atoms with E-state index >= 15 is 0 Å². The van der Waals surface area contributed by atoms with Crippen LogP contribution in [0.25, 0.3) is 0 Å². The van der Waals surface area contributed by atoms with Crippen molar-refractivity contribution < 1.29 is 14.7 Å². The number of carboxylic acid groups (broad SMARTS) is 1. The van der Waals surface area contributed by atoms with Crippen molar-refractivity contribution in [2.45, 2.75) is 30.8 Å². The lowest BCUT2D eigenvalue weighted by Gasteiger charge is -2.18. The molecule has 4 nitrogen and oxygen atoms in total. The highest BCUT2D eigenvalue weighted by Crippen LogP contribution is 2.35. The number of hydrogen-bond acceptors (Lipinski definition) is 3. The average molecular weight is 155 g/mol. The first-order valence-electron chi connectivity index (χ1n) is 3.68. The Hall–Kier alpha value is -0.900. The van der Waals surface area contributed by atoms with Crippen LogP contribution in [0, 0.1) is 0 Å². The molecule has 0 spiro atoms. The Bertz CT molecular complexity index is 238. The minimum Gasteiger partial charge on any atom is -0.480 e. The van der Waals surface area contributed by atoms with Crippen LogP contribution in [0.15, 0.2) is 0 Å². The topological polar surface area (TPSA) is 66.4 Å².